The Morgan fingerprint density at radius 2 is 1.88 bits per heavy atom. The van der Waals surface area contributed by atoms with Crippen molar-refractivity contribution < 1.29 is 24.0 Å². The Labute approximate surface area is 186 Å². The van der Waals surface area contributed by atoms with Gasteiger partial charge in [0.2, 0.25) is 5.69 Å². The lowest BCUT2D eigenvalue weighted by Crippen LogP contribution is -2.15. The van der Waals surface area contributed by atoms with Gasteiger partial charge in [-0.2, -0.15) is 5.10 Å². The molecule has 12 heteroatoms. The highest BCUT2D eigenvalue weighted by molar-refractivity contribution is 6.30. The molecule has 0 spiro atoms. The predicted octanol–water partition coefficient (Wildman–Crippen LogP) is 3.16. The van der Waals surface area contributed by atoms with E-state index >= 15 is 0 Å². The van der Waals surface area contributed by atoms with Crippen LogP contribution < -0.4 is 4.74 Å². The van der Waals surface area contributed by atoms with Crippen LogP contribution in [0.4, 0.5) is 5.69 Å². The largest absolute Gasteiger partial charge is 0.466 e. The van der Waals surface area contributed by atoms with Crippen molar-refractivity contribution in [2.75, 3.05) is 13.2 Å². The molecule has 164 valence electrons. The number of ether oxygens (including phenoxy) is 2. The molecule has 0 radical (unpaired) electrons. The minimum absolute atomic E-state index is 0.0720. The molecule has 0 aliphatic rings. The molecule has 2 aromatic carbocycles. The highest BCUT2D eigenvalue weighted by atomic mass is 35.5. The second-order valence-electron chi connectivity index (χ2n) is 6.17. The number of Topliss-reactive ketones (excluding diaryl/α,β-unsaturated/α-hetero) is 1. The second-order valence-corrected chi connectivity index (χ2v) is 6.60. The van der Waals surface area contributed by atoms with E-state index in [2.05, 4.69) is 15.4 Å². The van der Waals surface area contributed by atoms with Crippen LogP contribution in [0.5, 0.6) is 5.88 Å². The fraction of sp³-hybridized carbons (Fsp3) is 0.150. The molecule has 0 amide bonds. The number of non-ortho nitro benzene ring substituents is 1. The molecule has 1 aromatic heterocycles. The predicted molar refractivity (Wildman–Crippen MR) is 113 cm³/mol. The quantitative estimate of drug-likeness (QED) is 0.157. The fourth-order valence-electron chi connectivity index (χ4n) is 2.45. The topological polar surface area (TPSA) is 139 Å². The van der Waals surface area contributed by atoms with Crippen LogP contribution in [0, 0.1) is 10.1 Å². The van der Waals surface area contributed by atoms with Crippen LogP contribution >= 0.6 is 11.6 Å². The smallest absolute Gasteiger partial charge is 0.364 e. The standard InChI is InChI=1S/C20H16ClN5O6/c1-2-31-20(28)18-19(32-12-17(27)14-5-7-15(21)8-6-14)25(24-23-18)22-11-13-3-9-16(10-4-13)26(29)30/h3-11H,2,12H2,1H3/b22-11-. The number of aromatic nitrogens is 3. The van der Waals surface area contributed by atoms with Gasteiger partial charge < -0.3 is 9.47 Å². The first-order valence-electron chi connectivity index (χ1n) is 9.22. The number of hydrogen-bond acceptors (Lipinski definition) is 9. The Hall–Kier alpha value is -4.12. The first-order chi connectivity index (χ1) is 15.4. The Morgan fingerprint density at radius 1 is 1.19 bits per heavy atom. The van der Waals surface area contributed by atoms with Crippen molar-refractivity contribution in [3.63, 3.8) is 0 Å². The van der Waals surface area contributed by atoms with Gasteiger partial charge in [0.15, 0.2) is 12.4 Å². The minimum atomic E-state index is -0.793. The van der Waals surface area contributed by atoms with Gasteiger partial charge in [0.25, 0.3) is 11.6 Å². The summed E-state index contributed by atoms with van der Waals surface area (Å²) in [5.74, 6) is -1.36. The van der Waals surface area contributed by atoms with Crippen LogP contribution in [0.25, 0.3) is 0 Å². The summed E-state index contributed by atoms with van der Waals surface area (Å²) in [6.07, 6.45) is 1.33. The molecule has 0 unspecified atom stereocenters. The van der Waals surface area contributed by atoms with Gasteiger partial charge in [0, 0.05) is 22.7 Å². The molecule has 0 fully saturated rings. The summed E-state index contributed by atoms with van der Waals surface area (Å²) in [5.41, 5.74) is 0.557. The van der Waals surface area contributed by atoms with Gasteiger partial charge in [-0.3, -0.25) is 14.9 Å². The highest BCUT2D eigenvalue weighted by Gasteiger charge is 2.24. The number of nitro groups is 1. The Kier molecular flexibility index (Phi) is 7.24. The van der Waals surface area contributed by atoms with E-state index in [9.17, 15) is 19.7 Å². The maximum Gasteiger partial charge on any atom is 0.364 e. The summed E-state index contributed by atoms with van der Waals surface area (Å²) in [6.45, 7) is 1.30. The van der Waals surface area contributed by atoms with Crippen LogP contribution in [-0.4, -0.2) is 51.2 Å². The number of nitro benzene ring substituents is 1. The van der Waals surface area contributed by atoms with Gasteiger partial charge in [0.1, 0.15) is 0 Å². The summed E-state index contributed by atoms with van der Waals surface area (Å²) in [5, 5.41) is 22.8. The number of benzene rings is 2. The monoisotopic (exact) mass is 457 g/mol. The number of rotatable bonds is 9. The van der Waals surface area contributed by atoms with Crippen molar-refractivity contribution in [1.29, 1.82) is 0 Å². The first-order valence-corrected chi connectivity index (χ1v) is 9.60. The van der Waals surface area contributed by atoms with E-state index in [1.54, 1.807) is 31.2 Å². The molecule has 1 heterocycles. The highest BCUT2D eigenvalue weighted by Crippen LogP contribution is 2.18. The van der Waals surface area contributed by atoms with Gasteiger partial charge in [-0.15, -0.1) is 5.10 Å². The van der Waals surface area contributed by atoms with E-state index in [0.717, 1.165) is 4.79 Å². The number of nitrogens with zero attached hydrogens (tertiary/aromatic N) is 5. The van der Waals surface area contributed by atoms with E-state index in [1.165, 1.54) is 30.5 Å². The van der Waals surface area contributed by atoms with Gasteiger partial charge in [-0.1, -0.05) is 16.4 Å². The lowest BCUT2D eigenvalue weighted by molar-refractivity contribution is -0.384. The van der Waals surface area contributed by atoms with Crippen molar-refractivity contribution in [2.24, 2.45) is 5.10 Å². The SMILES string of the molecule is CCOC(=O)c1nnn(/N=C\c2ccc([N+](=O)[O-])cc2)c1OCC(=O)c1ccc(Cl)cc1. The number of hydrogen-bond donors (Lipinski definition) is 0. The Balaban J connectivity index is 1.82. The van der Waals surface area contributed by atoms with Crippen LogP contribution in [0.1, 0.15) is 33.3 Å². The van der Waals surface area contributed by atoms with Crippen LogP contribution in [-0.2, 0) is 4.74 Å². The number of ketones is 1. The second kappa shape index (κ2) is 10.3. The van der Waals surface area contributed by atoms with E-state index in [4.69, 9.17) is 21.1 Å². The molecule has 3 aromatic rings. The first kappa shape index (κ1) is 22.6. The van der Waals surface area contributed by atoms with Gasteiger partial charge in [-0.25, -0.2) is 4.79 Å². The van der Waals surface area contributed by atoms with Crippen LogP contribution in [0.2, 0.25) is 5.02 Å². The van der Waals surface area contributed by atoms with Gasteiger partial charge in [0.05, 0.1) is 17.7 Å². The Bertz CT molecular complexity index is 1160. The lowest BCUT2D eigenvalue weighted by atomic mass is 10.1. The minimum Gasteiger partial charge on any atom is -0.466 e. The van der Waals surface area contributed by atoms with Crippen LogP contribution in [0.15, 0.2) is 53.6 Å². The number of carbonyl (C=O) groups excluding carboxylic acids is 2. The summed E-state index contributed by atoms with van der Waals surface area (Å²) < 4.78 is 10.4. The van der Waals surface area contributed by atoms with Gasteiger partial charge >= 0.3 is 5.97 Å². The molecule has 0 aliphatic heterocycles. The lowest BCUT2D eigenvalue weighted by Gasteiger charge is -2.07. The number of carbonyl (C=O) groups is 2. The zero-order chi connectivity index (χ0) is 23.1. The molecule has 3 rings (SSSR count). The average Bonchev–Trinajstić information content (AvgIpc) is 3.19. The third-order valence-corrected chi connectivity index (χ3v) is 4.26. The van der Waals surface area contributed by atoms with Crippen molar-refractivity contribution in [3.8, 4) is 5.88 Å². The maximum absolute atomic E-state index is 12.4. The average molecular weight is 458 g/mol. The zero-order valence-electron chi connectivity index (χ0n) is 16.7. The van der Waals surface area contributed by atoms with Crippen molar-refractivity contribution in [2.45, 2.75) is 6.92 Å². The van der Waals surface area contributed by atoms with E-state index < -0.39 is 17.5 Å². The van der Waals surface area contributed by atoms with E-state index in [0.29, 0.717) is 16.1 Å². The number of esters is 1. The Morgan fingerprint density at radius 3 is 2.50 bits per heavy atom. The normalized spacial score (nSPS) is 10.8. The van der Waals surface area contributed by atoms with Crippen molar-refractivity contribution >= 4 is 35.3 Å². The van der Waals surface area contributed by atoms with Crippen molar-refractivity contribution in [3.05, 3.63) is 80.5 Å². The van der Waals surface area contributed by atoms with E-state index in [1.807, 2.05) is 0 Å². The summed E-state index contributed by atoms with van der Waals surface area (Å²) in [7, 11) is 0. The maximum atomic E-state index is 12.4. The van der Waals surface area contributed by atoms with Crippen molar-refractivity contribution in [1.82, 2.24) is 15.1 Å². The third kappa shape index (κ3) is 5.52. The molecule has 11 nitrogen and oxygen atoms in total. The molecule has 0 atom stereocenters. The zero-order valence-corrected chi connectivity index (χ0v) is 17.4. The molecule has 0 aliphatic carbocycles. The number of halogens is 1. The van der Waals surface area contributed by atoms with Crippen LogP contribution in [0.3, 0.4) is 0 Å². The third-order valence-electron chi connectivity index (χ3n) is 4.01. The molecule has 0 saturated carbocycles. The summed E-state index contributed by atoms with van der Waals surface area (Å²) in [4.78, 5) is 35.7. The molecule has 32 heavy (non-hydrogen) atoms. The molecule has 0 saturated heterocycles. The summed E-state index contributed by atoms with van der Waals surface area (Å²) >= 11 is 5.83. The fourth-order valence-corrected chi connectivity index (χ4v) is 2.58. The summed E-state index contributed by atoms with van der Waals surface area (Å²) in [6, 6.07) is 11.8. The molecular weight excluding hydrogens is 442 g/mol. The van der Waals surface area contributed by atoms with E-state index in [-0.39, 0.29) is 29.7 Å². The molecule has 0 bridgehead atoms. The van der Waals surface area contributed by atoms with Gasteiger partial charge in [-0.05, 0) is 54.1 Å². The molecular formula is C20H16ClN5O6. The molecule has 0 N–H and O–H groups in total.